The molecule has 0 aliphatic carbocycles. The molecule has 2 rings (SSSR count). The van der Waals surface area contributed by atoms with E-state index in [0.29, 0.717) is 17.8 Å². The monoisotopic (exact) mass is 273 g/mol. The lowest BCUT2D eigenvalue weighted by Crippen LogP contribution is -2.24. The van der Waals surface area contributed by atoms with Crippen molar-refractivity contribution in [3.8, 4) is 11.3 Å². The van der Waals surface area contributed by atoms with Crippen LogP contribution in [0.1, 0.15) is 13.3 Å². The minimum absolute atomic E-state index is 0.00479. The highest BCUT2D eigenvalue weighted by Crippen LogP contribution is 2.23. The largest absolute Gasteiger partial charge is 0.394 e. The number of nitro benzene ring substituents is 1. The minimum atomic E-state index is -0.455. The van der Waals surface area contributed by atoms with E-state index in [1.807, 2.05) is 6.92 Å². The number of nitrogens with zero attached hydrogens (tertiary/aromatic N) is 2. The molecule has 2 aromatic rings. The summed E-state index contributed by atoms with van der Waals surface area (Å²) in [6.07, 6.45) is 0.769. The third-order valence-electron chi connectivity index (χ3n) is 3.00. The summed E-state index contributed by atoms with van der Waals surface area (Å²) in [5, 5.41) is 10.8. The molecule has 1 heterocycles. The molecule has 0 saturated heterocycles. The number of hydrogen-bond donors (Lipinski definition) is 1. The topological polar surface area (TPSA) is 91.2 Å². The van der Waals surface area contributed by atoms with Crippen LogP contribution in [0.2, 0.25) is 0 Å². The first-order chi connectivity index (χ1) is 9.54. The Morgan fingerprint density at radius 2 is 2.05 bits per heavy atom. The molecular formula is C14H15N3O3. The highest BCUT2D eigenvalue weighted by atomic mass is 16.6. The molecule has 20 heavy (non-hydrogen) atoms. The van der Waals surface area contributed by atoms with Crippen molar-refractivity contribution in [1.29, 1.82) is 0 Å². The van der Waals surface area contributed by atoms with Gasteiger partial charge in [-0.15, -0.1) is 0 Å². The number of pyridine rings is 1. The normalized spacial score (nSPS) is 10.4. The van der Waals surface area contributed by atoms with Gasteiger partial charge in [-0.1, -0.05) is 19.1 Å². The Morgan fingerprint density at radius 1 is 1.30 bits per heavy atom. The van der Waals surface area contributed by atoms with Gasteiger partial charge < -0.3 is 10.3 Å². The van der Waals surface area contributed by atoms with Gasteiger partial charge in [0.2, 0.25) is 0 Å². The van der Waals surface area contributed by atoms with Gasteiger partial charge in [-0.25, -0.2) is 0 Å². The van der Waals surface area contributed by atoms with Crippen molar-refractivity contribution < 1.29 is 4.92 Å². The molecule has 0 aliphatic heterocycles. The lowest BCUT2D eigenvalue weighted by atomic mass is 10.1. The van der Waals surface area contributed by atoms with Gasteiger partial charge in [-0.3, -0.25) is 14.9 Å². The fraction of sp³-hybridized carbons (Fsp3) is 0.214. The van der Waals surface area contributed by atoms with E-state index < -0.39 is 4.92 Å². The molecule has 0 saturated carbocycles. The van der Waals surface area contributed by atoms with E-state index in [4.69, 9.17) is 5.73 Å². The van der Waals surface area contributed by atoms with Crippen molar-refractivity contribution in [2.75, 3.05) is 5.73 Å². The maximum Gasteiger partial charge on any atom is 0.274 e. The van der Waals surface area contributed by atoms with Crippen molar-refractivity contribution in [3.63, 3.8) is 0 Å². The molecule has 0 atom stereocenters. The molecule has 0 amide bonds. The second kappa shape index (κ2) is 5.56. The van der Waals surface area contributed by atoms with Gasteiger partial charge in [0, 0.05) is 24.2 Å². The molecule has 0 radical (unpaired) electrons. The number of aromatic nitrogens is 1. The molecule has 6 heteroatoms. The van der Waals surface area contributed by atoms with Gasteiger partial charge in [0.1, 0.15) is 0 Å². The lowest BCUT2D eigenvalue weighted by molar-refractivity contribution is -0.384. The number of nitrogen functional groups attached to an aromatic ring is 1. The molecule has 2 N–H and O–H groups in total. The molecule has 0 fully saturated rings. The first-order valence-corrected chi connectivity index (χ1v) is 6.28. The van der Waals surface area contributed by atoms with Crippen LogP contribution in [0.5, 0.6) is 0 Å². The summed E-state index contributed by atoms with van der Waals surface area (Å²) in [5.74, 6) is 0. The summed E-state index contributed by atoms with van der Waals surface area (Å²) < 4.78 is 1.55. The summed E-state index contributed by atoms with van der Waals surface area (Å²) in [6.45, 7) is 2.47. The van der Waals surface area contributed by atoms with E-state index in [-0.39, 0.29) is 16.9 Å². The molecular weight excluding hydrogens is 258 g/mol. The molecule has 6 nitrogen and oxygen atoms in total. The average molecular weight is 273 g/mol. The van der Waals surface area contributed by atoms with Crippen LogP contribution in [0, 0.1) is 10.1 Å². The summed E-state index contributed by atoms with van der Waals surface area (Å²) in [7, 11) is 0. The number of anilines is 1. The maximum atomic E-state index is 12.1. The molecule has 1 aromatic heterocycles. The Bertz CT molecular complexity index is 707. The van der Waals surface area contributed by atoms with Crippen molar-refractivity contribution >= 4 is 11.4 Å². The van der Waals surface area contributed by atoms with Crippen molar-refractivity contribution in [1.82, 2.24) is 4.57 Å². The van der Waals surface area contributed by atoms with Crippen LogP contribution in [0.25, 0.3) is 11.3 Å². The van der Waals surface area contributed by atoms with Gasteiger partial charge in [-0.05, 0) is 18.6 Å². The minimum Gasteiger partial charge on any atom is -0.394 e. The zero-order chi connectivity index (χ0) is 14.7. The average Bonchev–Trinajstić information content (AvgIpc) is 2.44. The van der Waals surface area contributed by atoms with E-state index in [2.05, 4.69) is 0 Å². The van der Waals surface area contributed by atoms with E-state index in [1.54, 1.807) is 22.8 Å². The van der Waals surface area contributed by atoms with Crippen LogP contribution >= 0.6 is 0 Å². The Kier molecular flexibility index (Phi) is 3.84. The van der Waals surface area contributed by atoms with Crippen LogP contribution in [-0.2, 0) is 6.54 Å². The lowest BCUT2D eigenvalue weighted by Gasteiger charge is -2.12. The van der Waals surface area contributed by atoms with Crippen LogP contribution < -0.4 is 11.3 Å². The Labute approximate surface area is 115 Å². The maximum absolute atomic E-state index is 12.1. The SMILES string of the molecule is CCCn1c(-c2cccc([N+](=O)[O-])c2)ccc(N)c1=O. The van der Waals surface area contributed by atoms with Crippen LogP contribution in [0.4, 0.5) is 11.4 Å². The highest BCUT2D eigenvalue weighted by molar-refractivity contribution is 5.64. The molecule has 0 unspecified atom stereocenters. The quantitative estimate of drug-likeness (QED) is 0.684. The Hall–Kier alpha value is -2.63. The molecule has 104 valence electrons. The van der Waals surface area contributed by atoms with E-state index in [1.165, 1.54) is 18.2 Å². The number of nitrogens with two attached hydrogens (primary N) is 1. The van der Waals surface area contributed by atoms with Gasteiger partial charge in [0.15, 0.2) is 0 Å². The highest BCUT2D eigenvalue weighted by Gasteiger charge is 2.12. The first-order valence-electron chi connectivity index (χ1n) is 6.28. The van der Waals surface area contributed by atoms with Crippen LogP contribution in [0.3, 0.4) is 0 Å². The van der Waals surface area contributed by atoms with Gasteiger partial charge >= 0.3 is 0 Å². The predicted molar refractivity (Wildman–Crippen MR) is 77.5 cm³/mol. The third-order valence-corrected chi connectivity index (χ3v) is 3.00. The summed E-state index contributed by atoms with van der Waals surface area (Å²) in [4.78, 5) is 22.5. The molecule has 0 spiro atoms. The summed E-state index contributed by atoms with van der Waals surface area (Å²) in [6, 6.07) is 9.46. The fourth-order valence-electron chi connectivity index (χ4n) is 2.07. The van der Waals surface area contributed by atoms with Crippen molar-refractivity contribution in [2.24, 2.45) is 0 Å². The second-order valence-corrected chi connectivity index (χ2v) is 4.44. The number of non-ortho nitro benzene ring substituents is 1. The number of benzene rings is 1. The standard InChI is InChI=1S/C14H15N3O3/c1-2-8-16-13(7-6-12(15)14(16)18)10-4-3-5-11(9-10)17(19)20/h3-7,9H,2,8,15H2,1H3. The van der Waals surface area contributed by atoms with Gasteiger partial charge in [0.25, 0.3) is 11.2 Å². The predicted octanol–water partition coefficient (Wildman–Crippen LogP) is 2.42. The van der Waals surface area contributed by atoms with Crippen LogP contribution in [0.15, 0.2) is 41.2 Å². The summed E-state index contributed by atoms with van der Waals surface area (Å²) in [5.41, 5.74) is 6.80. The zero-order valence-electron chi connectivity index (χ0n) is 11.1. The van der Waals surface area contributed by atoms with Crippen LogP contribution in [-0.4, -0.2) is 9.49 Å². The molecule has 0 aliphatic rings. The van der Waals surface area contributed by atoms with Gasteiger partial charge in [-0.2, -0.15) is 0 Å². The zero-order valence-corrected chi connectivity index (χ0v) is 11.1. The second-order valence-electron chi connectivity index (χ2n) is 4.44. The number of hydrogen-bond acceptors (Lipinski definition) is 4. The van der Waals surface area contributed by atoms with Crippen molar-refractivity contribution in [2.45, 2.75) is 19.9 Å². The Balaban J connectivity index is 2.63. The third kappa shape index (κ3) is 2.54. The smallest absolute Gasteiger partial charge is 0.274 e. The van der Waals surface area contributed by atoms with E-state index in [0.717, 1.165) is 6.42 Å². The van der Waals surface area contributed by atoms with Crippen molar-refractivity contribution in [3.05, 3.63) is 56.9 Å². The fourth-order valence-corrected chi connectivity index (χ4v) is 2.07. The first kappa shape index (κ1) is 13.8. The van der Waals surface area contributed by atoms with E-state index >= 15 is 0 Å². The van der Waals surface area contributed by atoms with Gasteiger partial charge in [0.05, 0.1) is 16.3 Å². The Morgan fingerprint density at radius 3 is 2.70 bits per heavy atom. The van der Waals surface area contributed by atoms with E-state index in [9.17, 15) is 14.9 Å². The number of nitro groups is 1. The summed E-state index contributed by atoms with van der Waals surface area (Å²) >= 11 is 0. The molecule has 1 aromatic carbocycles. The molecule has 0 bridgehead atoms. The number of rotatable bonds is 4.